The number of aromatic nitrogens is 1. The Labute approximate surface area is 221 Å². The highest BCUT2D eigenvalue weighted by Crippen LogP contribution is 2.31. The van der Waals surface area contributed by atoms with Crippen molar-refractivity contribution in [2.45, 2.75) is 38.0 Å². The summed E-state index contributed by atoms with van der Waals surface area (Å²) in [6.07, 6.45) is 3.17. The van der Waals surface area contributed by atoms with Crippen molar-refractivity contribution in [2.24, 2.45) is 0 Å². The molecule has 6 heteroatoms. The van der Waals surface area contributed by atoms with Gasteiger partial charge in [-0.2, -0.15) is 0 Å². The highest BCUT2D eigenvalue weighted by Gasteiger charge is 2.28. The molecule has 1 aromatic heterocycles. The van der Waals surface area contributed by atoms with Crippen LogP contribution in [0.5, 0.6) is 0 Å². The molecule has 188 valence electrons. The van der Waals surface area contributed by atoms with Crippen molar-refractivity contribution < 1.29 is 14.7 Å². The normalized spacial score (nSPS) is 15.3. The summed E-state index contributed by atoms with van der Waals surface area (Å²) in [5.74, 6) is -0.370. The van der Waals surface area contributed by atoms with Crippen molar-refractivity contribution in [1.29, 1.82) is 0 Å². The molecule has 0 radical (unpaired) electrons. The van der Waals surface area contributed by atoms with Gasteiger partial charge in [0, 0.05) is 47.0 Å². The van der Waals surface area contributed by atoms with E-state index in [2.05, 4.69) is 18.2 Å². The van der Waals surface area contributed by atoms with E-state index in [1.807, 2.05) is 65.6 Å². The number of aryl methyl sites for hydroxylation is 1. The van der Waals surface area contributed by atoms with E-state index in [1.54, 1.807) is 0 Å². The zero-order valence-corrected chi connectivity index (χ0v) is 21.3. The number of nitrogens with zero attached hydrogens (tertiary/aromatic N) is 2. The zero-order chi connectivity index (χ0) is 25.8. The SMILES string of the molecule is O=C(O)CCCCc1cc2cc(C(=O)N3CC[C@@H](c4ccccc4)C3)ccc2nc1-c1ccc(Cl)cc1. The maximum atomic E-state index is 13.4. The predicted molar refractivity (Wildman–Crippen MR) is 147 cm³/mol. The van der Waals surface area contributed by atoms with E-state index < -0.39 is 5.97 Å². The summed E-state index contributed by atoms with van der Waals surface area (Å²) in [6.45, 7) is 1.47. The molecule has 0 unspecified atom stereocenters. The van der Waals surface area contributed by atoms with Crippen LogP contribution in [-0.4, -0.2) is 40.0 Å². The molecular weight excluding hydrogens is 484 g/mol. The van der Waals surface area contributed by atoms with Crippen LogP contribution in [0.2, 0.25) is 5.02 Å². The van der Waals surface area contributed by atoms with E-state index in [4.69, 9.17) is 21.7 Å². The monoisotopic (exact) mass is 512 g/mol. The molecule has 5 rings (SSSR count). The van der Waals surface area contributed by atoms with E-state index >= 15 is 0 Å². The molecule has 1 N–H and O–H groups in total. The first-order valence-electron chi connectivity index (χ1n) is 12.7. The molecule has 37 heavy (non-hydrogen) atoms. The average Bonchev–Trinajstić information content (AvgIpc) is 3.41. The number of aliphatic carboxylic acids is 1. The molecule has 2 heterocycles. The second kappa shape index (κ2) is 11.1. The number of carboxylic acid groups (broad SMARTS) is 1. The molecule has 5 nitrogen and oxygen atoms in total. The van der Waals surface area contributed by atoms with Crippen LogP contribution in [0.15, 0.2) is 78.9 Å². The first kappa shape index (κ1) is 25.0. The number of carbonyl (C=O) groups excluding carboxylic acids is 1. The topological polar surface area (TPSA) is 70.5 Å². The van der Waals surface area contributed by atoms with Gasteiger partial charge in [0.25, 0.3) is 5.91 Å². The minimum Gasteiger partial charge on any atom is -0.481 e. The number of fused-ring (bicyclic) bond motifs is 1. The van der Waals surface area contributed by atoms with Gasteiger partial charge in [0.2, 0.25) is 0 Å². The molecule has 1 saturated heterocycles. The number of likely N-dealkylation sites (tertiary alicyclic amines) is 1. The molecule has 0 saturated carbocycles. The summed E-state index contributed by atoms with van der Waals surface area (Å²) < 4.78 is 0. The minimum absolute atomic E-state index is 0.0464. The van der Waals surface area contributed by atoms with Crippen LogP contribution in [0.1, 0.15) is 53.1 Å². The standard InChI is InChI=1S/C31H29ClN2O3/c32-27-13-10-22(11-14-27)30-23(8-4-5-9-29(35)36)18-26-19-24(12-15-28(26)33-30)31(37)34-17-16-25(20-34)21-6-2-1-3-7-21/h1-3,6-7,10-15,18-19,25H,4-5,8-9,16-17,20H2,(H,35,36)/t25-/m1/s1. The van der Waals surface area contributed by atoms with Gasteiger partial charge >= 0.3 is 5.97 Å². The molecular formula is C31H29ClN2O3. The number of benzene rings is 3. The van der Waals surface area contributed by atoms with Crippen LogP contribution < -0.4 is 0 Å². The van der Waals surface area contributed by atoms with Crippen molar-refractivity contribution in [3.05, 3.63) is 101 Å². The Morgan fingerprint density at radius 3 is 2.51 bits per heavy atom. The Bertz CT molecular complexity index is 1420. The number of hydrogen-bond donors (Lipinski definition) is 1. The quantitative estimate of drug-likeness (QED) is 0.258. The predicted octanol–water partition coefficient (Wildman–Crippen LogP) is 6.98. The number of pyridine rings is 1. The van der Waals surface area contributed by atoms with Crippen molar-refractivity contribution in [2.75, 3.05) is 13.1 Å². The van der Waals surface area contributed by atoms with Crippen molar-refractivity contribution in [1.82, 2.24) is 9.88 Å². The lowest BCUT2D eigenvalue weighted by atomic mass is 9.98. The number of amides is 1. The van der Waals surface area contributed by atoms with Crippen LogP contribution in [0.3, 0.4) is 0 Å². The number of halogens is 1. The highest BCUT2D eigenvalue weighted by molar-refractivity contribution is 6.30. The number of hydrogen-bond acceptors (Lipinski definition) is 3. The van der Waals surface area contributed by atoms with E-state index in [-0.39, 0.29) is 12.3 Å². The molecule has 1 amide bonds. The first-order chi connectivity index (χ1) is 18.0. The van der Waals surface area contributed by atoms with Crippen LogP contribution >= 0.6 is 11.6 Å². The average molecular weight is 513 g/mol. The van der Waals surface area contributed by atoms with Crippen LogP contribution in [0.4, 0.5) is 0 Å². The van der Waals surface area contributed by atoms with Crippen LogP contribution in [0, 0.1) is 0 Å². The van der Waals surface area contributed by atoms with Gasteiger partial charge in [0.15, 0.2) is 0 Å². The summed E-state index contributed by atoms with van der Waals surface area (Å²) in [5, 5.41) is 10.6. The lowest BCUT2D eigenvalue weighted by Gasteiger charge is -2.18. The van der Waals surface area contributed by atoms with Gasteiger partial charge in [-0.3, -0.25) is 9.59 Å². The van der Waals surface area contributed by atoms with Gasteiger partial charge < -0.3 is 10.0 Å². The molecule has 1 atom stereocenters. The van der Waals surface area contributed by atoms with Gasteiger partial charge in [-0.25, -0.2) is 4.98 Å². The maximum Gasteiger partial charge on any atom is 0.303 e. The van der Waals surface area contributed by atoms with Gasteiger partial charge in [0.05, 0.1) is 11.2 Å². The lowest BCUT2D eigenvalue weighted by molar-refractivity contribution is -0.137. The summed E-state index contributed by atoms with van der Waals surface area (Å²) in [6, 6.07) is 25.8. The van der Waals surface area contributed by atoms with E-state index in [0.717, 1.165) is 53.7 Å². The lowest BCUT2D eigenvalue weighted by Crippen LogP contribution is -2.28. The Hall–Kier alpha value is -3.70. The van der Waals surface area contributed by atoms with Gasteiger partial charge in [-0.1, -0.05) is 54.1 Å². The maximum absolute atomic E-state index is 13.4. The van der Waals surface area contributed by atoms with Crippen molar-refractivity contribution >= 4 is 34.4 Å². The molecule has 1 fully saturated rings. The third kappa shape index (κ3) is 5.83. The molecule has 1 aliphatic rings. The highest BCUT2D eigenvalue weighted by atomic mass is 35.5. The first-order valence-corrected chi connectivity index (χ1v) is 13.1. The van der Waals surface area contributed by atoms with E-state index in [0.29, 0.717) is 29.3 Å². The smallest absolute Gasteiger partial charge is 0.303 e. The second-order valence-corrected chi connectivity index (χ2v) is 10.1. The van der Waals surface area contributed by atoms with Crippen LogP contribution in [0.25, 0.3) is 22.2 Å². The molecule has 3 aromatic carbocycles. The van der Waals surface area contributed by atoms with Gasteiger partial charge in [0.1, 0.15) is 0 Å². The Morgan fingerprint density at radius 1 is 0.973 bits per heavy atom. The number of carboxylic acids is 1. The summed E-state index contributed by atoms with van der Waals surface area (Å²) in [4.78, 5) is 31.2. The zero-order valence-electron chi connectivity index (χ0n) is 20.6. The largest absolute Gasteiger partial charge is 0.481 e. The summed E-state index contributed by atoms with van der Waals surface area (Å²) in [5.41, 5.74) is 5.63. The summed E-state index contributed by atoms with van der Waals surface area (Å²) >= 11 is 6.10. The third-order valence-corrected chi connectivity index (χ3v) is 7.34. The molecule has 0 spiro atoms. The third-order valence-electron chi connectivity index (χ3n) is 7.09. The Balaban J connectivity index is 1.41. The molecule has 0 aliphatic carbocycles. The molecule has 0 bridgehead atoms. The fourth-order valence-corrected chi connectivity index (χ4v) is 5.24. The molecule has 4 aromatic rings. The molecule has 1 aliphatic heterocycles. The number of carbonyl (C=O) groups is 2. The van der Waals surface area contributed by atoms with E-state index in [1.165, 1.54) is 5.56 Å². The number of rotatable bonds is 8. The Kier molecular flexibility index (Phi) is 7.52. The van der Waals surface area contributed by atoms with Crippen molar-refractivity contribution in [3.8, 4) is 11.3 Å². The fourth-order valence-electron chi connectivity index (χ4n) is 5.12. The Morgan fingerprint density at radius 2 is 1.76 bits per heavy atom. The van der Waals surface area contributed by atoms with Crippen LogP contribution in [-0.2, 0) is 11.2 Å². The fraction of sp³-hybridized carbons (Fsp3) is 0.258. The number of unbranched alkanes of at least 4 members (excludes halogenated alkanes) is 1. The second-order valence-electron chi connectivity index (χ2n) is 9.66. The van der Waals surface area contributed by atoms with Gasteiger partial charge in [-0.15, -0.1) is 0 Å². The summed E-state index contributed by atoms with van der Waals surface area (Å²) in [7, 11) is 0. The van der Waals surface area contributed by atoms with Gasteiger partial charge in [-0.05, 0) is 73.2 Å². The minimum atomic E-state index is -0.783. The van der Waals surface area contributed by atoms with E-state index in [9.17, 15) is 9.59 Å². The van der Waals surface area contributed by atoms with Crippen molar-refractivity contribution in [3.63, 3.8) is 0 Å².